The van der Waals surface area contributed by atoms with Gasteiger partial charge in [0.2, 0.25) is 5.91 Å². The summed E-state index contributed by atoms with van der Waals surface area (Å²) in [5, 5.41) is 6.85. The Morgan fingerprint density at radius 3 is 3.07 bits per heavy atom. The molecule has 1 aromatic heterocycles. The van der Waals surface area contributed by atoms with Gasteiger partial charge < -0.3 is 11.1 Å². The molecule has 1 unspecified atom stereocenters. The first-order valence-corrected chi connectivity index (χ1v) is 5.18. The SMILES string of the molecule is CC(N)CCC(=O)NCCn1cccn1. The molecule has 1 atom stereocenters. The van der Waals surface area contributed by atoms with Gasteiger partial charge in [0.05, 0.1) is 6.54 Å². The van der Waals surface area contributed by atoms with Crippen molar-refractivity contribution >= 4 is 5.91 Å². The fraction of sp³-hybridized carbons (Fsp3) is 0.600. The van der Waals surface area contributed by atoms with Crippen molar-refractivity contribution in [3.63, 3.8) is 0 Å². The quantitative estimate of drug-likeness (QED) is 0.700. The van der Waals surface area contributed by atoms with E-state index in [-0.39, 0.29) is 11.9 Å². The summed E-state index contributed by atoms with van der Waals surface area (Å²) in [5.41, 5.74) is 5.55. The maximum atomic E-state index is 11.3. The number of hydrogen-bond donors (Lipinski definition) is 2. The summed E-state index contributed by atoms with van der Waals surface area (Å²) in [5.74, 6) is 0.0551. The molecule has 0 saturated heterocycles. The van der Waals surface area contributed by atoms with Crippen LogP contribution in [0.4, 0.5) is 0 Å². The van der Waals surface area contributed by atoms with Gasteiger partial charge in [0.15, 0.2) is 0 Å². The van der Waals surface area contributed by atoms with Crippen molar-refractivity contribution < 1.29 is 4.79 Å². The van der Waals surface area contributed by atoms with Crippen LogP contribution >= 0.6 is 0 Å². The van der Waals surface area contributed by atoms with Gasteiger partial charge in [-0.2, -0.15) is 5.10 Å². The first-order valence-electron chi connectivity index (χ1n) is 5.18. The van der Waals surface area contributed by atoms with Crippen LogP contribution in [0, 0.1) is 0 Å². The Morgan fingerprint density at radius 2 is 2.47 bits per heavy atom. The molecule has 0 aliphatic heterocycles. The van der Waals surface area contributed by atoms with Crippen molar-refractivity contribution in [1.82, 2.24) is 15.1 Å². The number of hydrogen-bond acceptors (Lipinski definition) is 3. The maximum Gasteiger partial charge on any atom is 0.220 e. The van der Waals surface area contributed by atoms with E-state index in [1.165, 1.54) is 0 Å². The lowest BCUT2D eigenvalue weighted by Crippen LogP contribution is -2.28. The van der Waals surface area contributed by atoms with Gasteiger partial charge in [0, 0.05) is 31.4 Å². The van der Waals surface area contributed by atoms with Crippen LogP contribution in [0.3, 0.4) is 0 Å². The molecule has 1 aromatic rings. The van der Waals surface area contributed by atoms with Gasteiger partial charge in [0.25, 0.3) is 0 Å². The van der Waals surface area contributed by atoms with E-state index >= 15 is 0 Å². The lowest BCUT2D eigenvalue weighted by molar-refractivity contribution is -0.121. The Bertz CT molecular complexity index is 282. The van der Waals surface area contributed by atoms with E-state index in [4.69, 9.17) is 5.73 Å². The molecule has 3 N–H and O–H groups in total. The maximum absolute atomic E-state index is 11.3. The number of carbonyl (C=O) groups is 1. The van der Waals surface area contributed by atoms with Gasteiger partial charge in [-0.25, -0.2) is 0 Å². The minimum atomic E-state index is 0.0551. The number of rotatable bonds is 6. The Morgan fingerprint density at radius 1 is 1.67 bits per heavy atom. The molecule has 0 radical (unpaired) electrons. The smallest absolute Gasteiger partial charge is 0.220 e. The number of aromatic nitrogens is 2. The zero-order valence-corrected chi connectivity index (χ0v) is 9.02. The Labute approximate surface area is 89.6 Å². The van der Waals surface area contributed by atoms with Gasteiger partial charge >= 0.3 is 0 Å². The Hall–Kier alpha value is -1.36. The standard InChI is InChI=1S/C10H18N4O/c1-9(11)3-4-10(15)12-6-8-14-7-2-5-13-14/h2,5,7,9H,3-4,6,8,11H2,1H3,(H,12,15). The molecule has 84 valence electrons. The number of amides is 1. The van der Waals surface area contributed by atoms with Crippen molar-refractivity contribution in [3.8, 4) is 0 Å². The van der Waals surface area contributed by atoms with Crippen LogP contribution in [0.25, 0.3) is 0 Å². The predicted octanol–water partition coefficient (Wildman–Crippen LogP) is 0.127. The number of nitrogens with zero attached hydrogens (tertiary/aromatic N) is 2. The lowest BCUT2D eigenvalue weighted by Gasteiger charge is -2.06. The van der Waals surface area contributed by atoms with Crippen LogP contribution < -0.4 is 11.1 Å². The van der Waals surface area contributed by atoms with Crippen molar-refractivity contribution in [2.24, 2.45) is 5.73 Å². The number of nitrogens with one attached hydrogen (secondary N) is 1. The second kappa shape index (κ2) is 6.19. The summed E-state index contributed by atoms with van der Waals surface area (Å²) in [6, 6.07) is 1.94. The molecule has 0 spiro atoms. The summed E-state index contributed by atoms with van der Waals surface area (Å²) >= 11 is 0. The van der Waals surface area contributed by atoms with Gasteiger partial charge in [-0.05, 0) is 19.4 Å². The predicted molar refractivity (Wildman–Crippen MR) is 58.1 cm³/mol. The normalized spacial score (nSPS) is 12.4. The molecule has 0 saturated carbocycles. The van der Waals surface area contributed by atoms with Crippen molar-refractivity contribution in [2.75, 3.05) is 6.54 Å². The lowest BCUT2D eigenvalue weighted by atomic mass is 10.2. The van der Waals surface area contributed by atoms with Gasteiger partial charge in [-0.15, -0.1) is 0 Å². The van der Waals surface area contributed by atoms with Crippen molar-refractivity contribution in [3.05, 3.63) is 18.5 Å². The minimum absolute atomic E-state index is 0.0551. The topological polar surface area (TPSA) is 72.9 Å². The highest BCUT2D eigenvalue weighted by atomic mass is 16.1. The van der Waals surface area contributed by atoms with Gasteiger partial charge in [-0.1, -0.05) is 0 Å². The number of carbonyl (C=O) groups excluding carboxylic acids is 1. The van der Waals surface area contributed by atoms with Crippen LogP contribution in [0.1, 0.15) is 19.8 Å². The highest BCUT2D eigenvalue weighted by Crippen LogP contribution is 1.92. The molecular formula is C10H18N4O. The van der Waals surface area contributed by atoms with Gasteiger partial charge in [0.1, 0.15) is 0 Å². The Balaban J connectivity index is 2.07. The fourth-order valence-electron chi connectivity index (χ4n) is 1.19. The van der Waals surface area contributed by atoms with Crippen LogP contribution in [-0.4, -0.2) is 28.3 Å². The van der Waals surface area contributed by atoms with E-state index in [0.717, 1.165) is 6.42 Å². The summed E-state index contributed by atoms with van der Waals surface area (Å²) in [6.07, 6.45) is 4.82. The zero-order valence-electron chi connectivity index (χ0n) is 9.02. The zero-order chi connectivity index (χ0) is 11.1. The summed E-state index contributed by atoms with van der Waals surface area (Å²) in [7, 11) is 0. The molecule has 15 heavy (non-hydrogen) atoms. The fourth-order valence-corrected chi connectivity index (χ4v) is 1.19. The minimum Gasteiger partial charge on any atom is -0.354 e. The average Bonchev–Trinajstić information content (AvgIpc) is 2.67. The van der Waals surface area contributed by atoms with E-state index in [2.05, 4.69) is 10.4 Å². The van der Waals surface area contributed by atoms with Gasteiger partial charge in [-0.3, -0.25) is 9.48 Å². The molecule has 0 aliphatic carbocycles. The molecule has 5 heteroatoms. The molecule has 0 bridgehead atoms. The average molecular weight is 210 g/mol. The highest BCUT2D eigenvalue weighted by molar-refractivity contribution is 5.75. The van der Waals surface area contributed by atoms with E-state index in [1.807, 2.05) is 19.2 Å². The molecule has 5 nitrogen and oxygen atoms in total. The first-order chi connectivity index (χ1) is 7.18. The summed E-state index contributed by atoms with van der Waals surface area (Å²) in [4.78, 5) is 11.3. The molecule has 1 amide bonds. The largest absolute Gasteiger partial charge is 0.354 e. The second-order valence-electron chi connectivity index (χ2n) is 3.64. The molecule has 0 aliphatic rings. The summed E-state index contributed by atoms with van der Waals surface area (Å²) < 4.78 is 1.78. The molecule has 0 aromatic carbocycles. The van der Waals surface area contributed by atoms with E-state index < -0.39 is 0 Å². The van der Waals surface area contributed by atoms with Crippen LogP contribution in [0.5, 0.6) is 0 Å². The molecular weight excluding hydrogens is 192 g/mol. The highest BCUT2D eigenvalue weighted by Gasteiger charge is 2.02. The van der Waals surface area contributed by atoms with Crippen LogP contribution in [-0.2, 0) is 11.3 Å². The van der Waals surface area contributed by atoms with E-state index in [1.54, 1.807) is 10.9 Å². The third kappa shape index (κ3) is 5.17. The monoisotopic (exact) mass is 210 g/mol. The molecule has 1 rings (SSSR count). The van der Waals surface area contributed by atoms with E-state index in [9.17, 15) is 4.79 Å². The molecule has 1 heterocycles. The van der Waals surface area contributed by atoms with Crippen molar-refractivity contribution in [2.45, 2.75) is 32.4 Å². The first kappa shape index (κ1) is 11.7. The van der Waals surface area contributed by atoms with E-state index in [0.29, 0.717) is 19.5 Å². The number of nitrogens with two attached hydrogens (primary N) is 1. The summed E-state index contributed by atoms with van der Waals surface area (Å²) in [6.45, 7) is 3.22. The Kier molecular flexibility index (Phi) is 4.83. The third-order valence-corrected chi connectivity index (χ3v) is 2.05. The third-order valence-electron chi connectivity index (χ3n) is 2.05. The van der Waals surface area contributed by atoms with Crippen LogP contribution in [0.2, 0.25) is 0 Å². The van der Waals surface area contributed by atoms with Crippen LogP contribution in [0.15, 0.2) is 18.5 Å². The van der Waals surface area contributed by atoms with Crippen molar-refractivity contribution in [1.29, 1.82) is 0 Å². The second-order valence-corrected chi connectivity index (χ2v) is 3.64. The molecule has 0 fully saturated rings.